The molecule has 0 radical (unpaired) electrons. The van der Waals surface area contributed by atoms with Crippen LogP contribution in [0.3, 0.4) is 0 Å². The van der Waals surface area contributed by atoms with E-state index in [1.54, 1.807) is 24.3 Å². The van der Waals surface area contributed by atoms with Gasteiger partial charge in [0.05, 0.1) is 21.0 Å². The number of benzene rings is 3. The van der Waals surface area contributed by atoms with Crippen molar-refractivity contribution in [3.8, 4) is 33.8 Å². The van der Waals surface area contributed by atoms with Crippen molar-refractivity contribution in [1.29, 1.82) is 0 Å². The normalized spacial score (nSPS) is 10.5. The molecule has 0 aromatic heterocycles. The van der Waals surface area contributed by atoms with Crippen molar-refractivity contribution in [1.82, 2.24) is 0 Å². The molecule has 0 fully saturated rings. The first-order chi connectivity index (χ1) is 12.4. The van der Waals surface area contributed by atoms with Gasteiger partial charge in [0.15, 0.2) is 0 Å². The molecule has 8 nitrogen and oxygen atoms in total. The van der Waals surface area contributed by atoms with Crippen LogP contribution in [0.25, 0.3) is 22.3 Å². The zero-order valence-corrected chi connectivity index (χ0v) is 13.2. The first kappa shape index (κ1) is 16.9. The van der Waals surface area contributed by atoms with Crippen LogP contribution in [0.1, 0.15) is 0 Å². The molecule has 0 saturated carbocycles. The number of hydrogen-bond donors (Lipinski definition) is 2. The summed E-state index contributed by atoms with van der Waals surface area (Å²) >= 11 is 0. The zero-order chi connectivity index (χ0) is 18.8. The van der Waals surface area contributed by atoms with Gasteiger partial charge in [0, 0.05) is 12.1 Å². The molecule has 0 bridgehead atoms. The number of nitro benzene ring substituents is 2. The molecule has 0 saturated heterocycles. The first-order valence-corrected chi connectivity index (χ1v) is 7.43. The summed E-state index contributed by atoms with van der Waals surface area (Å²) in [6.45, 7) is 0. The van der Waals surface area contributed by atoms with Gasteiger partial charge >= 0.3 is 0 Å². The predicted molar refractivity (Wildman–Crippen MR) is 94.0 cm³/mol. The van der Waals surface area contributed by atoms with Gasteiger partial charge in [-0.25, -0.2) is 0 Å². The van der Waals surface area contributed by atoms with Gasteiger partial charge in [-0.3, -0.25) is 20.2 Å². The summed E-state index contributed by atoms with van der Waals surface area (Å²) in [5.41, 5.74) is 0.371. The number of aromatic hydroxyl groups is 2. The lowest BCUT2D eigenvalue weighted by Gasteiger charge is -2.11. The Balaban J connectivity index is 2.34. The van der Waals surface area contributed by atoms with E-state index in [0.717, 1.165) is 0 Å². The Morgan fingerprint density at radius 3 is 1.35 bits per heavy atom. The van der Waals surface area contributed by atoms with E-state index < -0.39 is 9.85 Å². The van der Waals surface area contributed by atoms with Gasteiger partial charge in [-0.1, -0.05) is 24.3 Å². The number of phenolic OH excluding ortho intramolecular Hbond substituents is 2. The Labute approximate surface area is 146 Å². The minimum atomic E-state index is -0.595. The van der Waals surface area contributed by atoms with Crippen LogP contribution in [0.4, 0.5) is 11.4 Å². The summed E-state index contributed by atoms with van der Waals surface area (Å²) in [6, 6.07) is 13.5. The molecule has 0 atom stereocenters. The quantitative estimate of drug-likeness (QED) is 0.534. The number of nitro groups is 2. The minimum Gasteiger partial charge on any atom is -0.508 e. The van der Waals surface area contributed by atoms with Crippen LogP contribution in [-0.2, 0) is 0 Å². The van der Waals surface area contributed by atoms with E-state index in [1.807, 2.05) is 0 Å². The van der Waals surface area contributed by atoms with E-state index in [2.05, 4.69) is 0 Å². The molecule has 8 heteroatoms. The highest BCUT2D eigenvalue weighted by molar-refractivity contribution is 5.91. The van der Waals surface area contributed by atoms with E-state index in [1.165, 1.54) is 36.4 Å². The highest BCUT2D eigenvalue weighted by Crippen LogP contribution is 2.42. The zero-order valence-electron chi connectivity index (χ0n) is 13.2. The molecule has 130 valence electrons. The van der Waals surface area contributed by atoms with E-state index in [9.17, 15) is 30.4 Å². The van der Waals surface area contributed by atoms with Crippen LogP contribution >= 0.6 is 0 Å². The summed E-state index contributed by atoms with van der Waals surface area (Å²) in [5.74, 6) is -0.350. The number of nitrogens with zero attached hydrogens (tertiary/aromatic N) is 2. The van der Waals surface area contributed by atoms with Gasteiger partial charge in [0.1, 0.15) is 11.5 Å². The molecular formula is C18H12N2O6. The first-order valence-electron chi connectivity index (χ1n) is 7.43. The SMILES string of the molecule is O=[N+]([O-])c1ccc(O)cc1-c1ccccc1-c1cc(O)ccc1[N+](=O)[O-]. The van der Waals surface area contributed by atoms with Gasteiger partial charge in [-0.15, -0.1) is 0 Å². The van der Waals surface area contributed by atoms with Crippen molar-refractivity contribution >= 4 is 11.4 Å². The highest BCUT2D eigenvalue weighted by atomic mass is 16.6. The Hall–Kier alpha value is -3.94. The fourth-order valence-corrected chi connectivity index (χ4v) is 2.75. The van der Waals surface area contributed by atoms with Crippen molar-refractivity contribution in [3.05, 3.63) is 80.9 Å². The molecule has 3 rings (SSSR count). The number of hydrogen-bond acceptors (Lipinski definition) is 6. The molecule has 3 aromatic rings. The largest absolute Gasteiger partial charge is 0.508 e. The molecule has 0 spiro atoms. The van der Waals surface area contributed by atoms with E-state index in [0.29, 0.717) is 11.1 Å². The van der Waals surface area contributed by atoms with Crippen molar-refractivity contribution in [2.45, 2.75) is 0 Å². The molecule has 0 aliphatic carbocycles. The maximum atomic E-state index is 11.4. The summed E-state index contributed by atoms with van der Waals surface area (Å²) in [6.07, 6.45) is 0. The Morgan fingerprint density at radius 2 is 1.00 bits per heavy atom. The van der Waals surface area contributed by atoms with Gasteiger partial charge < -0.3 is 10.2 Å². The topological polar surface area (TPSA) is 127 Å². The third-order valence-electron chi connectivity index (χ3n) is 3.86. The molecule has 0 unspecified atom stereocenters. The van der Waals surface area contributed by atoms with Crippen molar-refractivity contribution in [3.63, 3.8) is 0 Å². The number of rotatable bonds is 4. The third kappa shape index (κ3) is 3.03. The average Bonchev–Trinajstić information content (AvgIpc) is 2.61. The monoisotopic (exact) mass is 352 g/mol. The maximum Gasteiger partial charge on any atom is 0.277 e. The molecule has 2 N–H and O–H groups in total. The second kappa shape index (κ2) is 6.52. The lowest BCUT2D eigenvalue weighted by molar-refractivity contribution is -0.384. The predicted octanol–water partition coefficient (Wildman–Crippen LogP) is 4.25. The van der Waals surface area contributed by atoms with Crippen LogP contribution in [0, 0.1) is 20.2 Å². The third-order valence-corrected chi connectivity index (χ3v) is 3.86. The summed E-state index contributed by atoms with van der Waals surface area (Å²) < 4.78 is 0. The Morgan fingerprint density at radius 1 is 0.615 bits per heavy atom. The molecule has 0 aliphatic heterocycles. The molecule has 0 heterocycles. The summed E-state index contributed by atoms with van der Waals surface area (Å²) in [5, 5.41) is 42.2. The number of phenols is 2. The second-order valence-electron chi connectivity index (χ2n) is 5.46. The molecule has 26 heavy (non-hydrogen) atoms. The van der Waals surface area contributed by atoms with Crippen molar-refractivity contribution < 1.29 is 20.1 Å². The Kier molecular flexibility index (Phi) is 4.24. The summed E-state index contributed by atoms with van der Waals surface area (Å²) in [7, 11) is 0. The lowest BCUT2D eigenvalue weighted by atomic mass is 9.92. The average molecular weight is 352 g/mol. The smallest absolute Gasteiger partial charge is 0.277 e. The molecule has 0 aliphatic rings. The van der Waals surface area contributed by atoms with E-state index in [4.69, 9.17) is 0 Å². The fourth-order valence-electron chi connectivity index (χ4n) is 2.75. The molecule has 0 amide bonds. The molecule has 3 aromatic carbocycles. The fraction of sp³-hybridized carbons (Fsp3) is 0. The van der Waals surface area contributed by atoms with E-state index in [-0.39, 0.29) is 34.0 Å². The maximum absolute atomic E-state index is 11.4. The van der Waals surface area contributed by atoms with Crippen molar-refractivity contribution in [2.24, 2.45) is 0 Å². The van der Waals surface area contributed by atoms with Crippen LogP contribution in [-0.4, -0.2) is 20.1 Å². The lowest BCUT2D eigenvalue weighted by Crippen LogP contribution is -1.96. The molecular weight excluding hydrogens is 340 g/mol. The second-order valence-corrected chi connectivity index (χ2v) is 5.46. The van der Waals surface area contributed by atoms with Gasteiger partial charge in [-0.2, -0.15) is 0 Å². The van der Waals surface area contributed by atoms with Crippen LogP contribution < -0.4 is 0 Å². The minimum absolute atomic E-state index is 0.114. The Bertz CT molecular complexity index is 949. The van der Waals surface area contributed by atoms with Crippen LogP contribution in [0.15, 0.2) is 60.7 Å². The highest BCUT2D eigenvalue weighted by Gasteiger charge is 2.23. The van der Waals surface area contributed by atoms with Gasteiger partial charge in [-0.05, 0) is 35.4 Å². The van der Waals surface area contributed by atoms with Crippen LogP contribution in [0.5, 0.6) is 11.5 Å². The standard InChI is InChI=1S/C18H12N2O6/c21-11-5-7-17(19(23)24)15(9-11)13-3-1-2-4-14(13)16-10-12(22)6-8-18(16)20(25)26/h1-10,21-22H. The van der Waals surface area contributed by atoms with Gasteiger partial charge in [0.2, 0.25) is 0 Å². The van der Waals surface area contributed by atoms with Crippen LogP contribution in [0.2, 0.25) is 0 Å². The van der Waals surface area contributed by atoms with Crippen molar-refractivity contribution in [2.75, 3.05) is 0 Å². The van der Waals surface area contributed by atoms with Gasteiger partial charge in [0.25, 0.3) is 11.4 Å². The summed E-state index contributed by atoms with van der Waals surface area (Å²) in [4.78, 5) is 21.5. The van der Waals surface area contributed by atoms with E-state index >= 15 is 0 Å².